The van der Waals surface area contributed by atoms with Crippen LogP contribution in [0.25, 0.3) is 0 Å². The molecule has 10 amide bonds. The zero-order valence-corrected chi connectivity index (χ0v) is 46.2. The molecule has 1 heterocycles. The van der Waals surface area contributed by atoms with Gasteiger partial charge < -0.3 is 85.5 Å². The van der Waals surface area contributed by atoms with Crippen molar-refractivity contribution in [3.63, 3.8) is 0 Å². The van der Waals surface area contributed by atoms with Crippen molar-refractivity contribution in [3.05, 3.63) is 102 Å². The number of carbonyl (C=O) groups excluding carboxylic acids is 10. The number of rotatable bonds is 21. The number of aliphatic hydroxyl groups is 2. The lowest BCUT2D eigenvalue weighted by atomic mass is 10.0. The smallest absolute Gasteiger partial charge is 0.326 e. The summed E-state index contributed by atoms with van der Waals surface area (Å²) >= 11 is 0. The largest absolute Gasteiger partial charge is 0.508 e. The Kier molecular flexibility index (Phi) is 28.0. The Morgan fingerprint density at radius 3 is 1.66 bits per heavy atom. The number of nitrogens with two attached hydrogens (primary N) is 3. The van der Waals surface area contributed by atoms with Crippen molar-refractivity contribution in [3.8, 4) is 5.75 Å². The van der Waals surface area contributed by atoms with Gasteiger partial charge in [0.25, 0.3) is 0 Å². The van der Waals surface area contributed by atoms with E-state index in [0.717, 1.165) is 0 Å². The van der Waals surface area contributed by atoms with E-state index in [1.807, 2.05) is 0 Å². The molecule has 452 valence electrons. The maximum atomic E-state index is 14.6. The van der Waals surface area contributed by atoms with E-state index in [1.165, 1.54) is 31.2 Å². The van der Waals surface area contributed by atoms with Crippen LogP contribution in [0, 0.1) is 0 Å². The lowest BCUT2D eigenvalue weighted by Gasteiger charge is -2.28. The van der Waals surface area contributed by atoms with Crippen LogP contribution in [0.3, 0.4) is 0 Å². The van der Waals surface area contributed by atoms with Gasteiger partial charge >= 0.3 is 5.97 Å². The molecule has 0 aliphatic carbocycles. The van der Waals surface area contributed by atoms with Crippen LogP contribution in [0.2, 0.25) is 0 Å². The average Bonchev–Trinajstić information content (AvgIpc) is 3.55. The molecule has 3 aromatic rings. The minimum atomic E-state index is -1.86. The van der Waals surface area contributed by atoms with Gasteiger partial charge in [-0.25, -0.2) is 4.79 Å². The first-order valence-electron chi connectivity index (χ1n) is 27.4. The Hall–Kier alpha value is -8.53. The number of carbonyl (C=O) groups is 11. The van der Waals surface area contributed by atoms with E-state index in [4.69, 9.17) is 17.2 Å². The minimum Gasteiger partial charge on any atom is -0.508 e. The number of carboxylic acid groups (broad SMARTS) is 1. The fourth-order valence-electron chi connectivity index (χ4n) is 8.81. The van der Waals surface area contributed by atoms with Crippen LogP contribution in [0.4, 0.5) is 0 Å². The highest BCUT2D eigenvalue weighted by Crippen LogP contribution is 2.16. The van der Waals surface area contributed by atoms with Gasteiger partial charge in [0.2, 0.25) is 59.1 Å². The molecule has 0 radical (unpaired) electrons. The summed E-state index contributed by atoms with van der Waals surface area (Å²) in [6.45, 7) is -0.367. The molecule has 4 rings (SSSR count). The van der Waals surface area contributed by atoms with Gasteiger partial charge in [-0.1, -0.05) is 98.5 Å². The summed E-state index contributed by atoms with van der Waals surface area (Å²) in [7, 11) is 0. The third-order valence-corrected chi connectivity index (χ3v) is 13.5. The predicted octanol–water partition coefficient (Wildman–Crippen LogP) is -3.44. The Morgan fingerprint density at radius 1 is 0.602 bits per heavy atom. The van der Waals surface area contributed by atoms with Crippen LogP contribution in [0.5, 0.6) is 5.75 Å². The first-order valence-corrected chi connectivity index (χ1v) is 27.4. The number of nitrogens with one attached hydrogen (secondary N) is 9. The highest BCUT2D eigenvalue weighted by Gasteiger charge is 2.36. The van der Waals surface area contributed by atoms with E-state index >= 15 is 0 Å². The van der Waals surface area contributed by atoms with Gasteiger partial charge in [-0.3, -0.25) is 47.9 Å². The highest BCUT2D eigenvalue weighted by molar-refractivity contribution is 5.99. The topological polar surface area (TPSA) is 455 Å². The van der Waals surface area contributed by atoms with Gasteiger partial charge in [0.1, 0.15) is 66.2 Å². The molecule has 1 aliphatic rings. The molecular formula is C56H78N12O15. The van der Waals surface area contributed by atoms with E-state index in [-0.39, 0.29) is 63.7 Å². The SMILES string of the molecule is C[C@H](NC(=O)C1CCCCCCC(NC(=O)[C@@H](N)CO)C(=O)N[C@@H](CCCCN)C(=O)N[C@@H](Cc2ccc(O)cc2)C(=O)NC(Cc2ccccc2)C(=O)N[C@@H](CO)C(=O)NC(CC(N)=O)C(=O)N1)C(=O)N[C@@H](Cc1ccccc1)C(=O)O. The number of hydrogen-bond acceptors (Lipinski definition) is 16. The number of unbranched alkanes of at least 4 members (excludes halogenated alkanes) is 1. The summed E-state index contributed by atoms with van der Waals surface area (Å²) in [4.78, 5) is 151. The standard InChI is InChI=1S/C56H78N12O15/c1-32(47(73)67-44(56(82)83)28-34-16-8-5-9-17-34)60-49(75)38-18-10-2-3-11-19-39(61-48(74)37(58)30-69)50(76)62-40(20-12-13-25-57)51(77)64-42(27-35-21-23-36(71)24-22-35)52(78)65-41(26-33-14-6-4-7-15-33)53(79)68-45(31-70)55(81)66-43(29-46(59)72)54(80)63-38/h4-9,14-17,21-24,32,37-45,69-71H,2-3,10-13,18-20,25-31,57-58H2,1H3,(H2,59,72)(H,60,75)(H,61,74)(H,62,76)(H,63,80)(H,64,77)(H,65,78)(H,66,81)(H,67,73)(H,68,79)(H,82,83)/t32-,37-,38?,39?,40-,41?,42-,43?,44-,45-/m0/s1. The van der Waals surface area contributed by atoms with E-state index in [1.54, 1.807) is 60.7 Å². The molecule has 3 aromatic carbocycles. The van der Waals surface area contributed by atoms with Crippen LogP contribution >= 0.6 is 0 Å². The summed E-state index contributed by atoms with van der Waals surface area (Å²) in [6, 6.07) is 7.25. The van der Waals surface area contributed by atoms with Gasteiger partial charge in [0, 0.05) is 19.3 Å². The normalized spacial score (nSPS) is 22.1. The Balaban J connectivity index is 1.75. The molecule has 0 aromatic heterocycles. The fourth-order valence-corrected chi connectivity index (χ4v) is 8.81. The van der Waals surface area contributed by atoms with Gasteiger partial charge in [-0.05, 0) is 74.4 Å². The maximum absolute atomic E-state index is 14.6. The van der Waals surface area contributed by atoms with Crippen LogP contribution < -0.4 is 65.1 Å². The number of aromatic hydroxyl groups is 1. The van der Waals surface area contributed by atoms with Gasteiger partial charge in [-0.2, -0.15) is 0 Å². The molecule has 4 unspecified atom stereocenters. The molecular weight excluding hydrogens is 1080 g/mol. The second-order valence-corrected chi connectivity index (χ2v) is 20.2. The predicted molar refractivity (Wildman–Crippen MR) is 299 cm³/mol. The molecule has 1 saturated heterocycles. The van der Waals surface area contributed by atoms with Crippen molar-refractivity contribution in [2.24, 2.45) is 17.2 Å². The van der Waals surface area contributed by atoms with Crippen LogP contribution in [-0.2, 0) is 72.0 Å². The number of benzene rings is 3. The molecule has 19 N–H and O–H groups in total. The number of aliphatic carboxylic acids is 1. The van der Waals surface area contributed by atoms with Crippen LogP contribution in [-0.4, -0.2) is 166 Å². The monoisotopic (exact) mass is 1160 g/mol. The van der Waals surface area contributed by atoms with E-state index in [2.05, 4.69) is 47.9 Å². The molecule has 1 aliphatic heterocycles. The Labute approximate surface area is 479 Å². The molecule has 10 atom stereocenters. The number of phenolic OH excluding ortho intramolecular Hbond substituents is 1. The number of phenols is 1. The number of primary amides is 1. The van der Waals surface area contributed by atoms with Gasteiger partial charge in [0.15, 0.2) is 0 Å². The highest BCUT2D eigenvalue weighted by atomic mass is 16.4. The van der Waals surface area contributed by atoms with E-state index < -0.39 is 145 Å². The summed E-state index contributed by atoms with van der Waals surface area (Å²) < 4.78 is 0. The van der Waals surface area contributed by atoms with E-state index in [0.29, 0.717) is 42.4 Å². The second-order valence-electron chi connectivity index (χ2n) is 20.2. The number of amides is 10. The minimum absolute atomic E-state index is 0.00502. The van der Waals surface area contributed by atoms with Crippen LogP contribution in [0.1, 0.15) is 87.8 Å². The average molecular weight is 1160 g/mol. The van der Waals surface area contributed by atoms with Crippen molar-refractivity contribution in [2.45, 2.75) is 151 Å². The van der Waals surface area contributed by atoms with Crippen molar-refractivity contribution in [1.29, 1.82) is 0 Å². The maximum Gasteiger partial charge on any atom is 0.326 e. The van der Waals surface area contributed by atoms with Crippen molar-refractivity contribution in [1.82, 2.24) is 47.9 Å². The number of hydrogen-bond donors (Lipinski definition) is 16. The van der Waals surface area contributed by atoms with Crippen molar-refractivity contribution >= 4 is 65.0 Å². The number of aliphatic hydroxyl groups excluding tert-OH is 2. The first-order chi connectivity index (χ1) is 39.6. The third-order valence-electron chi connectivity index (χ3n) is 13.5. The Morgan fingerprint density at radius 2 is 1.11 bits per heavy atom. The zero-order chi connectivity index (χ0) is 61.0. The lowest BCUT2D eigenvalue weighted by Crippen LogP contribution is -2.61. The van der Waals surface area contributed by atoms with Crippen molar-refractivity contribution in [2.75, 3.05) is 19.8 Å². The lowest BCUT2D eigenvalue weighted by molar-refractivity contribution is -0.142. The van der Waals surface area contributed by atoms with Crippen molar-refractivity contribution < 1.29 is 73.2 Å². The summed E-state index contributed by atoms with van der Waals surface area (Å²) in [5, 5.41) is 62.7. The van der Waals surface area contributed by atoms with Gasteiger partial charge in [0.05, 0.1) is 19.6 Å². The summed E-state index contributed by atoms with van der Waals surface area (Å²) in [5.74, 6) is -11.3. The molecule has 0 saturated carbocycles. The quantitative estimate of drug-likeness (QED) is 0.0462. The fraction of sp³-hybridized carbons (Fsp3) is 0.482. The summed E-state index contributed by atoms with van der Waals surface area (Å²) in [5.41, 5.74) is 18.6. The molecule has 0 bridgehead atoms. The molecule has 0 spiro atoms. The van der Waals surface area contributed by atoms with Crippen LogP contribution in [0.15, 0.2) is 84.9 Å². The Bertz CT molecular complexity index is 2670. The molecule has 27 heteroatoms. The second kappa shape index (κ2) is 34.7. The zero-order valence-electron chi connectivity index (χ0n) is 46.2. The molecule has 83 heavy (non-hydrogen) atoms. The van der Waals surface area contributed by atoms with E-state index in [9.17, 15) is 73.2 Å². The molecule has 27 nitrogen and oxygen atoms in total. The molecule has 1 fully saturated rings. The first kappa shape index (κ1) is 67.0. The number of carboxylic acids is 1. The summed E-state index contributed by atoms with van der Waals surface area (Å²) in [6.07, 6.45) is 0.0893. The third kappa shape index (κ3) is 23.1. The van der Waals surface area contributed by atoms with Gasteiger partial charge in [-0.15, -0.1) is 0 Å².